The van der Waals surface area contributed by atoms with Gasteiger partial charge < -0.3 is 9.47 Å². The largest absolute Gasteiger partial charge is 0.513 e. The molecule has 6 heteroatoms. The SMILES string of the molecule is CCOC(=O)Oc1cc(-c2ccccc2)sc1N(C(=O)[C@H]1CC[C@H](C)CC1)C(C)C. The van der Waals surface area contributed by atoms with E-state index in [-0.39, 0.29) is 24.5 Å². The Morgan fingerprint density at radius 1 is 1.13 bits per heavy atom. The van der Waals surface area contributed by atoms with E-state index in [1.807, 2.05) is 55.1 Å². The number of carbonyl (C=O) groups is 2. The molecule has 162 valence electrons. The first-order valence-electron chi connectivity index (χ1n) is 10.8. The normalized spacial score (nSPS) is 18.8. The van der Waals surface area contributed by atoms with Crippen LogP contribution in [0.1, 0.15) is 53.4 Å². The third-order valence-corrected chi connectivity index (χ3v) is 6.70. The van der Waals surface area contributed by atoms with Crippen molar-refractivity contribution in [1.82, 2.24) is 0 Å². The fourth-order valence-corrected chi connectivity index (χ4v) is 5.11. The van der Waals surface area contributed by atoms with Crippen LogP contribution in [0.25, 0.3) is 10.4 Å². The molecule has 5 nitrogen and oxygen atoms in total. The van der Waals surface area contributed by atoms with E-state index in [1.165, 1.54) is 11.3 Å². The number of hydrogen-bond donors (Lipinski definition) is 0. The van der Waals surface area contributed by atoms with Crippen molar-refractivity contribution in [2.75, 3.05) is 11.5 Å². The molecular weight excluding hydrogens is 398 g/mol. The maximum atomic E-state index is 13.5. The molecule has 1 saturated carbocycles. The monoisotopic (exact) mass is 429 g/mol. The van der Waals surface area contributed by atoms with Crippen LogP contribution in [-0.2, 0) is 9.53 Å². The topological polar surface area (TPSA) is 55.8 Å². The summed E-state index contributed by atoms with van der Waals surface area (Å²) in [4.78, 5) is 28.3. The number of carbonyl (C=O) groups excluding carboxylic acids is 2. The lowest BCUT2D eigenvalue weighted by Gasteiger charge is -2.33. The summed E-state index contributed by atoms with van der Waals surface area (Å²) in [5, 5.41) is 0.667. The van der Waals surface area contributed by atoms with Crippen LogP contribution in [0.15, 0.2) is 36.4 Å². The molecule has 1 aromatic heterocycles. The molecule has 0 aliphatic heterocycles. The summed E-state index contributed by atoms with van der Waals surface area (Å²) in [6.45, 7) is 8.21. The Hall–Kier alpha value is -2.34. The average molecular weight is 430 g/mol. The van der Waals surface area contributed by atoms with Crippen LogP contribution in [0.2, 0.25) is 0 Å². The molecule has 0 unspecified atom stereocenters. The standard InChI is InChI=1S/C24H31NO4S/c1-5-28-24(27)29-20-15-21(18-9-7-6-8-10-18)30-23(20)25(16(2)3)22(26)19-13-11-17(4)12-14-19/h6-10,15-17,19H,5,11-14H2,1-4H3/t17-,19-. The van der Waals surface area contributed by atoms with Crippen molar-refractivity contribution >= 4 is 28.4 Å². The number of amides is 1. The molecule has 1 aliphatic rings. The molecule has 1 aliphatic carbocycles. The van der Waals surface area contributed by atoms with Gasteiger partial charge in [0.25, 0.3) is 0 Å². The van der Waals surface area contributed by atoms with Gasteiger partial charge >= 0.3 is 6.16 Å². The number of ether oxygens (including phenoxy) is 2. The molecule has 0 N–H and O–H groups in total. The summed E-state index contributed by atoms with van der Waals surface area (Å²) < 4.78 is 10.5. The fourth-order valence-electron chi connectivity index (χ4n) is 3.88. The van der Waals surface area contributed by atoms with Gasteiger partial charge in [-0.15, -0.1) is 11.3 Å². The Kier molecular flexibility index (Phi) is 7.53. The zero-order valence-electron chi connectivity index (χ0n) is 18.2. The van der Waals surface area contributed by atoms with Crippen molar-refractivity contribution < 1.29 is 19.1 Å². The van der Waals surface area contributed by atoms with Gasteiger partial charge in [0.15, 0.2) is 5.75 Å². The highest BCUT2D eigenvalue weighted by Crippen LogP contribution is 2.45. The van der Waals surface area contributed by atoms with Gasteiger partial charge in [-0.05, 0) is 57.9 Å². The third-order valence-electron chi connectivity index (χ3n) is 5.53. The van der Waals surface area contributed by atoms with Gasteiger partial charge in [0.1, 0.15) is 5.00 Å². The predicted octanol–water partition coefficient (Wildman–Crippen LogP) is 6.52. The lowest BCUT2D eigenvalue weighted by Crippen LogP contribution is -2.42. The molecule has 30 heavy (non-hydrogen) atoms. The Balaban J connectivity index is 1.97. The van der Waals surface area contributed by atoms with E-state index in [9.17, 15) is 9.59 Å². The van der Waals surface area contributed by atoms with E-state index in [4.69, 9.17) is 9.47 Å². The van der Waals surface area contributed by atoms with E-state index in [0.29, 0.717) is 16.7 Å². The van der Waals surface area contributed by atoms with Gasteiger partial charge in [-0.25, -0.2) is 4.79 Å². The highest BCUT2D eigenvalue weighted by molar-refractivity contribution is 7.20. The molecule has 1 amide bonds. The van der Waals surface area contributed by atoms with Crippen molar-refractivity contribution in [2.24, 2.45) is 11.8 Å². The Morgan fingerprint density at radius 2 is 1.80 bits per heavy atom. The van der Waals surface area contributed by atoms with Crippen LogP contribution in [0.5, 0.6) is 5.75 Å². The van der Waals surface area contributed by atoms with Crippen LogP contribution >= 0.6 is 11.3 Å². The first-order valence-corrected chi connectivity index (χ1v) is 11.6. The minimum atomic E-state index is -0.751. The van der Waals surface area contributed by atoms with Crippen LogP contribution in [0.3, 0.4) is 0 Å². The van der Waals surface area contributed by atoms with Crippen LogP contribution < -0.4 is 9.64 Å². The van der Waals surface area contributed by atoms with Crippen molar-refractivity contribution in [3.05, 3.63) is 36.4 Å². The molecule has 1 heterocycles. The van der Waals surface area contributed by atoms with Crippen molar-refractivity contribution in [3.8, 4) is 16.2 Å². The van der Waals surface area contributed by atoms with E-state index < -0.39 is 6.16 Å². The number of nitrogens with zero attached hydrogens (tertiary/aromatic N) is 1. The molecular formula is C24H31NO4S. The van der Waals surface area contributed by atoms with Crippen molar-refractivity contribution in [1.29, 1.82) is 0 Å². The number of hydrogen-bond acceptors (Lipinski definition) is 5. The second kappa shape index (κ2) is 10.1. The van der Waals surface area contributed by atoms with Gasteiger partial charge in [-0.1, -0.05) is 37.3 Å². The number of benzene rings is 1. The van der Waals surface area contributed by atoms with Crippen molar-refractivity contribution in [3.63, 3.8) is 0 Å². The summed E-state index contributed by atoms with van der Waals surface area (Å²) in [5.74, 6) is 1.19. The van der Waals surface area contributed by atoms with Gasteiger partial charge in [0.2, 0.25) is 5.91 Å². The minimum absolute atomic E-state index is 0.0151. The molecule has 1 aromatic carbocycles. The van der Waals surface area contributed by atoms with E-state index in [0.717, 1.165) is 36.1 Å². The lowest BCUT2D eigenvalue weighted by molar-refractivity contribution is -0.123. The highest BCUT2D eigenvalue weighted by Gasteiger charge is 2.33. The van der Waals surface area contributed by atoms with Crippen LogP contribution in [0.4, 0.5) is 9.80 Å². The quantitative estimate of drug-likeness (QED) is 0.491. The zero-order chi connectivity index (χ0) is 21.7. The maximum Gasteiger partial charge on any atom is 0.513 e. The lowest BCUT2D eigenvalue weighted by atomic mass is 9.82. The number of thiophene rings is 1. The molecule has 0 spiro atoms. The second-order valence-electron chi connectivity index (χ2n) is 8.19. The molecule has 2 aromatic rings. The van der Waals surface area contributed by atoms with E-state index >= 15 is 0 Å². The third kappa shape index (κ3) is 5.22. The minimum Gasteiger partial charge on any atom is -0.434 e. The first kappa shape index (κ1) is 22.3. The summed E-state index contributed by atoms with van der Waals surface area (Å²) in [7, 11) is 0. The zero-order valence-corrected chi connectivity index (χ0v) is 19.0. The number of anilines is 1. The summed E-state index contributed by atoms with van der Waals surface area (Å²) in [6, 6.07) is 11.7. The summed E-state index contributed by atoms with van der Waals surface area (Å²) in [5.41, 5.74) is 1.02. The van der Waals surface area contributed by atoms with Gasteiger partial charge in [-0.2, -0.15) is 0 Å². The Bertz CT molecular complexity index is 853. The van der Waals surface area contributed by atoms with E-state index in [1.54, 1.807) is 6.92 Å². The predicted molar refractivity (Wildman–Crippen MR) is 121 cm³/mol. The number of rotatable bonds is 6. The molecule has 1 fully saturated rings. The van der Waals surface area contributed by atoms with Gasteiger partial charge in [0, 0.05) is 22.9 Å². The molecule has 0 saturated heterocycles. The van der Waals surface area contributed by atoms with Gasteiger partial charge in [-0.3, -0.25) is 9.69 Å². The smallest absolute Gasteiger partial charge is 0.434 e. The summed E-state index contributed by atoms with van der Waals surface area (Å²) >= 11 is 1.47. The van der Waals surface area contributed by atoms with Crippen molar-refractivity contribution in [2.45, 2.75) is 59.4 Å². The molecule has 0 bridgehead atoms. The highest BCUT2D eigenvalue weighted by atomic mass is 32.1. The molecule has 0 atom stereocenters. The maximum absolute atomic E-state index is 13.5. The average Bonchev–Trinajstić information content (AvgIpc) is 3.12. The molecule has 0 radical (unpaired) electrons. The first-order chi connectivity index (χ1) is 14.4. The van der Waals surface area contributed by atoms with Gasteiger partial charge in [0.05, 0.1) is 6.61 Å². The second-order valence-corrected chi connectivity index (χ2v) is 9.22. The molecule has 3 rings (SSSR count). The van der Waals surface area contributed by atoms with E-state index in [2.05, 4.69) is 6.92 Å². The Labute approximate surface area is 183 Å². The fraction of sp³-hybridized carbons (Fsp3) is 0.500. The summed E-state index contributed by atoms with van der Waals surface area (Å²) in [6.07, 6.45) is 3.23. The van der Waals surface area contributed by atoms with Crippen LogP contribution in [-0.4, -0.2) is 24.7 Å². The van der Waals surface area contributed by atoms with Crippen LogP contribution in [0, 0.1) is 11.8 Å². The Morgan fingerprint density at radius 3 is 2.40 bits per heavy atom.